The molecular weight excluding hydrogens is 527 g/mol. The van der Waals surface area contributed by atoms with Crippen LogP contribution in [0.15, 0.2) is 52.5 Å². The van der Waals surface area contributed by atoms with Crippen molar-refractivity contribution in [2.75, 3.05) is 0 Å². The predicted molar refractivity (Wildman–Crippen MR) is 137 cm³/mol. The molecule has 0 atom stereocenters. The second-order valence-electron chi connectivity index (χ2n) is 8.73. The van der Waals surface area contributed by atoms with E-state index in [9.17, 15) is 9.90 Å². The molecule has 4 aromatic rings. The van der Waals surface area contributed by atoms with Gasteiger partial charge in [-0.15, -0.1) is 12.3 Å². The van der Waals surface area contributed by atoms with E-state index in [0.29, 0.717) is 34.5 Å². The molecule has 5 rings (SSSR count). The van der Waals surface area contributed by atoms with Gasteiger partial charge in [0.1, 0.15) is 0 Å². The molecule has 0 amide bonds. The first-order chi connectivity index (χ1) is 17.4. The molecule has 0 spiro atoms. The second kappa shape index (κ2) is 11.6. The Labute approximate surface area is 246 Å². The summed E-state index contributed by atoms with van der Waals surface area (Å²) < 4.78 is 34.3. The number of carboxylic acid groups (broad SMARTS) is 1. The molecule has 5 nitrogen and oxygen atoms in total. The molecule has 0 radical (unpaired) electrons. The Hall–Kier alpha value is -2.28. The first-order valence-electron chi connectivity index (χ1n) is 11.6. The van der Waals surface area contributed by atoms with Crippen molar-refractivity contribution in [2.45, 2.75) is 54.4 Å². The Kier molecular flexibility index (Phi) is 8.72. The molecule has 1 aliphatic rings. The molecule has 37 heavy (non-hydrogen) atoms. The molecule has 2 heterocycles. The van der Waals surface area contributed by atoms with E-state index >= 15 is 8.78 Å². The second-order valence-corrected chi connectivity index (χ2v) is 10.2. The average Bonchev–Trinajstić information content (AvgIpc) is 3.50. The van der Waals surface area contributed by atoms with Crippen LogP contribution in [-0.2, 0) is 6.54 Å². The third kappa shape index (κ3) is 5.47. The third-order valence-corrected chi connectivity index (χ3v) is 7.68. The van der Waals surface area contributed by atoms with Crippen LogP contribution in [0.5, 0.6) is 0 Å². The van der Waals surface area contributed by atoms with Crippen LogP contribution < -0.4 is 29.6 Å². The summed E-state index contributed by atoms with van der Waals surface area (Å²) in [4.78, 5) is 12.3. The molecule has 1 aliphatic carbocycles. The van der Waals surface area contributed by atoms with Crippen LogP contribution in [0.1, 0.15) is 55.5 Å². The molecule has 2 aromatic heterocycles. The average molecular weight is 550 g/mol. The minimum Gasteiger partial charge on any atom is -1.00 e. The number of terminal acetylenes is 1. The number of benzene rings is 2. The summed E-state index contributed by atoms with van der Waals surface area (Å²) in [5, 5.41) is 14.4. The van der Waals surface area contributed by atoms with Crippen molar-refractivity contribution in [1.82, 2.24) is 14.3 Å². The first-order valence-corrected chi connectivity index (χ1v) is 12.8. The number of aromatic nitrogens is 3. The summed E-state index contributed by atoms with van der Waals surface area (Å²) in [6.07, 6.45) is 13.2. The van der Waals surface area contributed by atoms with Crippen molar-refractivity contribution < 1.29 is 49.7 Å². The summed E-state index contributed by atoms with van der Waals surface area (Å²) >= 11 is 7.30. The van der Waals surface area contributed by atoms with E-state index in [2.05, 4.69) is 11.0 Å². The molecule has 2 aromatic carbocycles. The van der Waals surface area contributed by atoms with Gasteiger partial charge in [0.2, 0.25) is 0 Å². The van der Waals surface area contributed by atoms with Gasteiger partial charge in [-0.3, -0.25) is 4.68 Å². The maximum atomic E-state index is 15.5. The number of aryl methyl sites for hydroxylation is 1. The summed E-state index contributed by atoms with van der Waals surface area (Å²) in [5.74, 6) is 0.0667. The number of rotatable bonds is 9. The number of unbranched alkanes of at least 4 members (excludes halogenated alkanes) is 2. The van der Waals surface area contributed by atoms with E-state index in [0.717, 1.165) is 43.1 Å². The van der Waals surface area contributed by atoms with Gasteiger partial charge in [0, 0.05) is 46.0 Å². The molecule has 0 aliphatic heterocycles. The summed E-state index contributed by atoms with van der Waals surface area (Å²) in [7, 11) is 0. The molecule has 0 bridgehead atoms. The van der Waals surface area contributed by atoms with Crippen LogP contribution in [0.4, 0.5) is 8.78 Å². The molecule has 0 saturated heterocycles. The summed E-state index contributed by atoms with van der Waals surface area (Å²) in [5.41, 5.74) is 1.43. The summed E-state index contributed by atoms with van der Waals surface area (Å²) in [6.45, 7) is 0.678. The van der Waals surface area contributed by atoms with E-state index in [-0.39, 0.29) is 46.8 Å². The van der Waals surface area contributed by atoms with Crippen LogP contribution in [0.2, 0.25) is 5.02 Å². The van der Waals surface area contributed by atoms with Crippen LogP contribution in [0, 0.1) is 24.0 Å². The number of halogens is 3. The number of fused-ring (bicyclic) bond motifs is 1. The Balaban J connectivity index is 0.00000200. The number of aromatic carboxylic acids is 1. The molecule has 1 saturated carbocycles. The number of carbonyl (C=O) groups is 1. The van der Waals surface area contributed by atoms with Crippen LogP contribution in [0.25, 0.3) is 16.6 Å². The fourth-order valence-electron chi connectivity index (χ4n) is 4.36. The number of nitrogens with zero attached hydrogens (tertiary/aromatic N) is 3. The van der Waals surface area contributed by atoms with Crippen LogP contribution in [-0.4, -0.2) is 25.4 Å². The molecule has 1 N–H and O–H groups in total. The van der Waals surface area contributed by atoms with Gasteiger partial charge >= 0.3 is 35.5 Å². The van der Waals surface area contributed by atoms with Gasteiger partial charge in [0.25, 0.3) is 0 Å². The maximum absolute atomic E-state index is 15.5. The van der Waals surface area contributed by atoms with Crippen LogP contribution >= 0.6 is 23.4 Å². The fraction of sp³-hybridized carbons (Fsp3) is 0.259. The van der Waals surface area contributed by atoms with Gasteiger partial charge in [-0.25, -0.2) is 13.6 Å². The smallest absolute Gasteiger partial charge is 1.00 e. The van der Waals surface area contributed by atoms with Crippen molar-refractivity contribution in [2.24, 2.45) is 0 Å². The van der Waals surface area contributed by atoms with Crippen LogP contribution in [0.3, 0.4) is 0 Å². The number of carboxylic acids is 1. The topological polar surface area (TPSA) is 60.0 Å². The van der Waals surface area contributed by atoms with Gasteiger partial charge in [0.15, 0.2) is 11.6 Å². The van der Waals surface area contributed by atoms with Gasteiger partial charge in [0.05, 0.1) is 28.0 Å². The van der Waals surface area contributed by atoms with E-state index < -0.39 is 23.2 Å². The standard InChI is InChI=1S/C27H22ClF2N3O2S.Na.H/c1-2-3-4-5-13-32-15-17(14-31-32)33-24(16-9-10-16)26(19-11-12-20(28)23(30)25(19)33)36-21-8-6-7-18(22(21)29)27(34)35;;/h1,6-8,11-12,14-16H,3-5,9-10,13H2,(H,34,35);;/q;+1;-1. The van der Waals surface area contributed by atoms with Gasteiger partial charge in [-0.05, 0) is 49.9 Å². The molecule has 1 fully saturated rings. The van der Waals surface area contributed by atoms with Gasteiger partial charge in [-0.2, -0.15) is 5.10 Å². The monoisotopic (exact) mass is 549 g/mol. The van der Waals surface area contributed by atoms with Crippen molar-refractivity contribution in [3.63, 3.8) is 0 Å². The Morgan fingerprint density at radius 2 is 2.03 bits per heavy atom. The van der Waals surface area contributed by atoms with Gasteiger partial charge in [-0.1, -0.05) is 29.4 Å². The molecule has 10 heteroatoms. The maximum Gasteiger partial charge on any atom is 1.00 e. The first kappa shape index (κ1) is 27.7. The zero-order chi connectivity index (χ0) is 25.4. The Morgan fingerprint density at radius 3 is 2.73 bits per heavy atom. The molecule has 186 valence electrons. The van der Waals surface area contributed by atoms with E-state index in [1.165, 1.54) is 24.3 Å². The minimum absolute atomic E-state index is 0. The van der Waals surface area contributed by atoms with Crippen molar-refractivity contribution in [1.29, 1.82) is 0 Å². The van der Waals surface area contributed by atoms with Crippen molar-refractivity contribution in [3.8, 4) is 18.0 Å². The molecule has 0 unspecified atom stereocenters. The number of hydrogen-bond acceptors (Lipinski definition) is 3. The van der Waals surface area contributed by atoms with Gasteiger partial charge < -0.3 is 11.1 Å². The predicted octanol–water partition coefficient (Wildman–Crippen LogP) is 4.41. The minimum atomic E-state index is -1.34. The molecular formula is C27H23ClF2N3NaO2S. The summed E-state index contributed by atoms with van der Waals surface area (Å²) in [6, 6.07) is 7.49. The normalized spacial score (nSPS) is 12.9. The van der Waals surface area contributed by atoms with Crippen molar-refractivity contribution >= 4 is 40.2 Å². The van der Waals surface area contributed by atoms with E-state index in [4.69, 9.17) is 18.0 Å². The largest absolute Gasteiger partial charge is 1.00 e. The fourth-order valence-corrected chi connectivity index (χ4v) is 5.71. The van der Waals surface area contributed by atoms with E-state index in [1.54, 1.807) is 16.9 Å². The zero-order valence-electron chi connectivity index (χ0n) is 21.2. The van der Waals surface area contributed by atoms with E-state index in [1.807, 2.05) is 10.8 Å². The third-order valence-electron chi connectivity index (χ3n) is 6.22. The number of hydrogen-bond donors (Lipinski definition) is 1. The van der Waals surface area contributed by atoms with Crippen molar-refractivity contribution in [3.05, 3.63) is 70.6 Å². The Morgan fingerprint density at radius 1 is 1.24 bits per heavy atom. The Bertz CT molecular complexity index is 1530. The zero-order valence-corrected chi connectivity index (χ0v) is 23.8. The SMILES string of the molecule is C#CCCCCn1cc(-n2c(C3CC3)c(Sc3cccc(C(=O)O)c3F)c3ccc(Cl)c(F)c32)cn1.[H-].[Na+]. The quantitative estimate of drug-likeness (QED) is 0.191.